The molecule has 1 aromatic rings. The highest BCUT2D eigenvalue weighted by molar-refractivity contribution is 6.99. The maximum Gasteiger partial charge on any atom is 0.328 e. The summed E-state index contributed by atoms with van der Waals surface area (Å²) in [7, 11) is 0. The molecule has 136 valence electrons. The molecule has 2 fully saturated rings. The van der Waals surface area contributed by atoms with Crippen molar-refractivity contribution < 1.29 is 29.3 Å². The van der Waals surface area contributed by atoms with Gasteiger partial charge in [-0.15, -0.1) is 8.75 Å². The molecular weight excluding hydrogens is 350 g/mol. The van der Waals surface area contributed by atoms with E-state index in [9.17, 15) is 9.59 Å². The quantitative estimate of drug-likeness (QED) is 0.480. The molecule has 1 saturated heterocycles. The Morgan fingerprint density at radius 2 is 2.00 bits per heavy atom. The fourth-order valence-electron chi connectivity index (χ4n) is 2.69. The molecule has 0 radical (unpaired) electrons. The zero-order valence-electron chi connectivity index (χ0n) is 13.4. The monoisotopic (exact) mass is 369 g/mol. The van der Waals surface area contributed by atoms with Crippen LogP contribution in [0.3, 0.4) is 0 Å². The molecule has 1 aliphatic carbocycles. The second kappa shape index (κ2) is 8.58. The van der Waals surface area contributed by atoms with E-state index in [1.54, 1.807) is 6.08 Å². The van der Waals surface area contributed by atoms with E-state index in [4.69, 9.17) is 19.7 Å². The molecule has 1 aromatic heterocycles. The predicted octanol–water partition coefficient (Wildman–Crippen LogP) is 1.29. The number of piperidine rings is 1. The number of aromatic nitrogens is 2. The van der Waals surface area contributed by atoms with Crippen LogP contribution in [0.4, 0.5) is 0 Å². The van der Waals surface area contributed by atoms with Gasteiger partial charge in [0.2, 0.25) is 0 Å². The molecule has 2 bridgehead atoms. The first-order chi connectivity index (χ1) is 11.9. The lowest BCUT2D eigenvalue weighted by atomic mass is 10.1. The summed E-state index contributed by atoms with van der Waals surface area (Å²) in [6.07, 6.45) is 6.13. The van der Waals surface area contributed by atoms with Crippen molar-refractivity contribution in [3.8, 4) is 11.8 Å². The molecule has 0 aromatic carbocycles. The van der Waals surface area contributed by atoms with Gasteiger partial charge < -0.3 is 19.7 Å². The van der Waals surface area contributed by atoms with Crippen molar-refractivity contribution >= 4 is 23.7 Å². The Balaban J connectivity index is 0.000000242. The lowest BCUT2D eigenvalue weighted by molar-refractivity contribution is -0.134. The fraction of sp³-hybridized carbons (Fsp3) is 0.467. The maximum atomic E-state index is 9.55. The van der Waals surface area contributed by atoms with E-state index < -0.39 is 11.9 Å². The summed E-state index contributed by atoms with van der Waals surface area (Å²) in [4.78, 5) is 19.1. The first-order valence-corrected chi connectivity index (χ1v) is 8.31. The highest BCUT2D eigenvalue weighted by Gasteiger charge is 2.47. The number of nitrogens with zero attached hydrogens (tertiary/aromatic N) is 2. The van der Waals surface area contributed by atoms with Gasteiger partial charge in [-0.2, -0.15) is 0 Å². The molecule has 25 heavy (non-hydrogen) atoms. The summed E-state index contributed by atoms with van der Waals surface area (Å²) < 4.78 is 19.6. The van der Waals surface area contributed by atoms with Gasteiger partial charge in [0.15, 0.2) is 5.72 Å². The molecule has 3 N–H and O–H groups in total. The Bertz CT molecular complexity index is 635. The molecular formula is C15H19N3O6S. The lowest BCUT2D eigenvalue weighted by Gasteiger charge is -2.27. The summed E-state index contributed by atoms with van der Waals surface area (Å²) in [6, 6.07) is 0. The van der Waals surface area contributed by atoms with Crippen LogP contribution in [0.1, 0.15) is 19.3 Å². The van der Waals surface area contributed by atoms with Crippen molar-refractivity contribution in [1.82, 2.24) is 14.1 Å². The summed E-state index contributed by atoms with van der Waals surface area (Å²) in [5, 5.41) is 19.1. The molecule has 2 unspecified atom stereocenters. The molecule has 9 nitrogen and oxygen atoms in total. The number of nitrogens with one attached hydrogen (secondary N) is 1. The Kier molecular flexibility index (Phi) is 6.48. The average Bonchev–Trinajstić information content (AvgIpc) is 3.28. The van der Waals surface area contributed by atoms with E-state index in [2.05, 4.69) is 20.6 Å². The first kappa shape index (κ1) is 18.9. The van der Waals surface area contributed by atoms with Gasteiger partial charge in [-0.3, -0.25) is 5.32 Å². The zero-order valence-corrected chi connectivity index (χ0v) is 14.2. The number of ether oxygens (including phenoxy) is 2. The van der Waals surface area contributed by atoms with Gasteiger partial charge in [-0.1, -0.05) is 12.7 Å². The van der Waals surface area contributed by atoms with Crippen LogP contribution in [0.5, 0.6) is 11.8 Å². The molecule has 1 aliphatic heterocycles. The second-order valence-corrected chi connectivity index (χ2v) is 6.10. The smallest absolute Gasteiger partial charge is 0.328 e. The number of hydrogen-bond donors (Lipinski definition) is 3. The van der Waals surface area contributed by atoms with Crippen LogP contribution in [0.2, 0.25) is 0 Å². The van der Waals surface area contributed by atoms with Crippen molar-refractivity contribution in [2.24, 2.45) is 5.92 Å². The van der Waals surface area contributed by atoms with E-state index in [-0.39, 0.29) is 5.72 Å². The van der Waals surface area contributed by atoms with Gasteiger partial charge in [0.05, 0.1) is 11.7 Å². The van der Waals surface area contributed by atoms with E-state index in [1.807, 2.05) is 0 Å². The van der Waals surface area contributed by atoms with Crippen LogP contribution >= 0.6 is 11.7 Å². The molecule has 0 amide bonds. The number of fused-ring (bicyclic) bond motifs is 2. The Morgan fingerprint density at radius 1 is 1.32 bits per heavy atom. The highest BCUT2D eigenvalue weighted by atomic mass is 32.1. The molecule has 2 aliphatic rings. The zero-order chi connectivity index (χ0) is 18.3. The number of carboxylic acids is 2. The molecule has 0 spiro atoms. The highest BCUT2D eigenvalue weighted by Crippen LogP contribution is 2.42. The Labute approximate surface area is 148 Å². The van der Waals surface area contributed by atoms with Gasteiger partial charge in [0.1, 0.15) is 6.61 Å². The van der Waals surface area contributed by atoms with E-state index in [0.717, 1.165) is 37.0 Å². The van der Waals surface area contributed by atoms with Gasteiger partial charge in [0.25, 0.3) is 11.8 Å². The minimum Gasteiger partial charge on any atom is -0.478 e. The van der Waals surface area contributed by atoms with Gasteiger partial charge in [0, 0.05) is 31.5 Å². The van der Waals surface area contributed by atoms with Crippen molar-refractivity contribution in [3.63, 3.8) is 0 Å². The number of rotatable bonds is 7. The summed E-state index contributed by atoms with van der Waals surface area (Å²) in [6.45, 7) is 5.07. The molecule has 2 heterocycles. The van der Waals surface area contributed by atoms with Crippen LogP contribution in [0.15, 0.2) is 24.8 Å². The van der Waals surface area contributed by atoms with Crippen LogP contribution in [-0.4, -0.2) is 49.8 Å². The maximum absolute atomic E-state index is 9.55. The Morgan fingerprint density at radius 3 is 2.48 bits per heavy atom. The second-order valence-electron chi connectivity index (χ2n) is 5.57. The van der Waals surface area contributed by atoms with E-state index in [0.29, 0.717) is 30.5 Å². The van der Waals surface area contributed by atoms with Crippen molar-refractivity contribution in [3.05, 3.63) is 24.8 Å². The van der Waals surface area contributed by atoms with Crippen molar-refractivity contribution in [2.75, 3.05) is 13.2 Å². The van der Waals surface area contributed by atoms with Crippen molar-refractivity contribution in [1.29, 1.82) is 0 Å². The summed E-state index contributed by atoms with van der Waals surface area (Å²) in [5.41, 5.74) is -0.229. The Hall–Kier alpha value is -2.46. The van der Waals surface area contributed by atoms with Crippen LogP contribution in [0.25, 0.3) is 0 Å². The topological polar surface area (TPSA) is 131 Å². The number of carboxylic acid groups (broad SMARTS) is 2. The number of carbonyl (C=O) groups is 2. The lowest BCUT2D eigenvalue weighted by Crippen LogP contribution is -2.45. The van der Waals surface area contributed by atoms with Crippen LogP contribution in [0, 0.1) is 5.92 Å². The fourth-order valence-corrected chi connectivity index (χ4v) is 3.13. The van der Waals surface area contributed by atoms with Crippen LogP contribution in [-0.2, 0) is 9.59 Å². The number of hydrogen-bond acceptors (Lipinski definition) is 8. The predicted molar refractivity (Wildman–Crippen MR) is 88.7 cm³/mol. The van der Waals surface area contributed by atoms with Gasteiger partial charge in [-0.05, 0) is 12.3 Å². The summed E-state index contributed by atoms with van der Waals surface area (Å²) >= 11 is 1.11. The molecule has 10 heteroatoms. The van der Waals surface area contributed by atoms with E-state index in [1.165, 1.54) is 6.42 Å². The third kappa shape index (κ3) is 5.54. The first-order valence-electron chi connectivity index (χ1n) is 7.58. The average molecular weight is 369 g/mol. The van der Waals surface area contributed by atoms with E-state index >= 15 is 0 Å². The normalized spacial score (nSPS) is 23.8. The molecule has 2 atom stereocenters. The summed E-state index contributed by atoms with van der Waals surface area (Å²) in [5.74, 6) is -0.785. The minimum atomic E-state index is -1.26. The SMILES string of the molecule is C=CCOc1nsnc1OC12CCC(CN1)C2.O=C(O)/C=C\C(=O)O. The third-order valence-electron chi connectivity index (χ3n) is 3.72. The van der Waals surface area contributed by atoms with Gasteiger partial charge >= 0.3 is 11.9 Å². The largest absolute Gasteiger partial charge is 0.478 e. The molecule has 1 saturated carbocycles. The van der Waals surface area contributed by atoms with Crippen molar-refractivity contribution in [2.45, 2.75) is 25.0 Å². The molecule has 3 rings (SSSR count). The number of aliphatic carboxylic acids is 2. The minimum absolute atomic E-state index is 0.229. The van der Waals surface area contributed by atoms with Gasteiger partial charge in [-0.25, -0.2) is 9.59 Å². The van der Waals surface area contributed by atoms with Crippen LogP contribution < -0.4 is 14.8 Å². The standard InChI is InChI=1S/C11H15N3O2S.C4H4O4/c1-2-5-15-9-10(14-17-13-9)16-11-4-3-8(6-11)7-12-11;5-3(6)1-2-4(7)8/h2,8,12H,1,3-7H2;1-2H,(H,5,6)(H,7,8)/b;2-1-. The third-order valence-corrected chi connectivity index (χ3v) is 4.21.